The van der Waals surface area contributed by atoms with E-state index in [4.69, 9.17) is 0 Å². The van der Waals surface area contributed by atoms with Gasteiger partial charge in [-0.2, -0.15) is 0 Å². The van der Waals surface area contributed by atoms with E-state index in [1.807, 2.05) is 11.8 Å². The summed E-state index contributed by atoms with van der Waals surface area (Å²) in [4.78, 5) is 17.8. The minimum Gasteiger partial charge on any atom is -0.353 e. The Balaban J connectivity index is 1.77. The van der Waals surface area contributed by atoms with Gasteiger partial charge in [-0.05, 0) is 18.8 Å². The highest BCUT2D eigenvalue weighted by molar-refractivity contribution is 5.81. The highest BCUT2D eigenvalue weighted by Crippen LogP contribution is 2.28. The summed E-state index contributed by atoms with van der Waals surface area (Å²) in [5.74, 6) is 1.88. The van der Waals surface area contributed by atoms with Crippen LogP contribution in [0.5, 0.6) is 0 Å². The molecule has 2 fully saturated rings. The maximum atomic E-state index is 11.6. The first kappa shape index (κ1) is 13.2. The van der Waals surface area contributed by atoms with E-state index in [9.17, 15) is 4.79 Å². The van der Waals surface area contributed by atoms with Crippen molar-refractivity contribution in [3.05, 3.63) is 0 Å². The van der Waals surface area contributed by atoms with Gasteiger partial charge in [-0.3, -0.25) is 9.79 Å². The number of nitrogens with zero attached hydrogens (tertiary/aromatic N) is 2. The molecule has 3 atom stereocenters. The van der Waals surface area contributed by atoms with E-state index in [1.54, 1.807) is 7.05 Å². The molecule has 0 radical (unpaired) electrons. The predicted molar refractivity (Wildman–Crippen MR) is 72.5 cm³/mol. The number of rotatable bonds is 3. The summed E-state index contributed by atoms with van der Waals surface area (Å²) < 4.78 is 0. The third-order valence-corrected chi connectivity index (χ3v) is 3.84. The van der Waals surface area contributed by atoms with Crippen LogP contribution in [0.4, 0.5) is 0 Å². The van der Waals surface area contributed by atoms with E-state index in [0.29, 0.717) is 18.5 Å². The first-order chi connectivity index (χ1) is 8.63. The largest absolute Gasteiger partial charge is 0.353 e. The van der Waals surface area contributed by atoms with E-state index in [2.05, 4.69) is 22.5 Å². The quantitative estimate of drug-likeness (QED) is 0.570. The smallest absolute Gasteiger partial charge is 0.222 e. The highest BCUT2D eigenvalue weighted by atomic mass is 16.2. The van der Waals surface area contributed by atoms with Crippen LogP contribution in [-0.4, -0.2) is 49.0 Å². The monoisotopic (exact) mass is 252 g/mol. The molecule has 5 nitrogen and oxygen atoms in total. The molecule has 1 heterocycles. The van der Waals surface area contributed by atoms with Gasteiger partial charge in [0, 0.05) is 38.6 Å². The lowest BCUT2D eigenvalue weighted by Gasteiger charge is -2.18. The summed E-state index contributed by atoms with van der Waals surface area (Å²) >= 11 is 0. The SMILES string of the molecule is CCC(=O)N1CCC(NC(=NC)NC2CC2C)C1. The molecule has 0 aromatic carbocycles. The van der Waals surface area contributed by atoms with Crippen LogP contribution in [0.3, 0.4) is 0 Å². The molecule has 1 aliphatic carbocycles. The molecule has 1 saturated heterocycles. The standard InChI is InChI=1S/C13H24N4O/c1-4-12(18)17-6-5-10(8-17)15-13(14-3)16-11-7-9(11)2/h9-11H,4-8H2,1-3H3,(H2,14,15,16). The fraction of sp³-hybridized carbons (Fsp3) is 0.846. The Bertz CT molecular complexity index is 342. The summed E-state index contributed by atoms with van der Waals surface area (Å²) in [6, 6.07) is 0.909. The second kappa shape index (κ2) is 5.59. The molecule has 3 unspecified atom stereocenters. The number of carbonyl (C=O) groups is 1. The van der Waals surface area contributed by atoms with Crippen LogP contribution in [0.15, 0.2) is 4.99 Å². The first-order valence-electron chi connectivity index (χ1n) is 6.91. The van der Waals surface area contributed by atoms with Crippen molar-refractivity contribution in [3.8, 4) is 0 Å². The number of guanidine groups is 1. The molecule has 1 amide bonds. The number of likely N-dealkylation sites (tertiary alicyclic amines) is 1. The topological polar surface area (TPSA) is 56.7 Å². The molecule has 102 valence electrons. The zero-order valence-electron chi connectivity index (χ0n) is 11.6. The van der Waals surface area contributed by atoms with Gasteiger partial charge in [0.05, 0.1) is 0 Å². The van der Waals surface area contributed by atoms with Crippen molar-refractivity contribution < 1.29 is 4.79 Å². The van der Waals surface area contributed by atoms with E-state index < -0.39 is 0 Å². The van der Waals surface area contributed by atoms with E-state index in [-0.39, 0.29) is 5.91 Å². The molecule has 5 heteroatoms. The fourth-order valence-electron chi connectivity index (χ4n) is 2.39. The van der Waals surface area contributed by atoms with E-state index in [0.717, 1.165) is 31.4 Å². The van der Waals surface area contributed by atoms with Crippen LogP contribution in [-0.2, 0) is 4.79 Å². The zero-order valence-corrected chi connectivity index (χ0v) is 11.6. The van der Waals surface area contributed by atoms with Gasteiger partial charge in [-0.1, -0.05) is 13.8 Å². The Morgan fingerprint density at radius 1 is 1.44 bits per heavy atom. The number of hydrogen-bond donors (Lipinski definition) is 2. The lowest BCUT2D eigenvalue weighted by molar-refractivity contribution is -0.129. The number of amides is 1. The molecule has 1 saturated carbocycles. The van der Waals surface area contributed by atoms with Crippen molar-refractivity contribution in [2.45, 2.75) is 45.2 Å². The molecular formula is C13H24N4O. The van der Waals surface area contributed by atoms with Crippen LogP contribution in [0.2, 0.25) is 0 Å². The molecule has 0 aromatic heterocycles. The predicted octanol–water partition coefficient (Wildman–Crippen LogP) is 0.571. The third kappa shape index (κ3) is 3.15. The van der Waals surface area contributed by atoms with Crippen molar-refractivity contribution in [1.82, 2.24) is 15.5 Å². The van der Waals surface area contributed by atoms with Gasteiger partial charge in [0.25, 0.3) is 0 Å². The Hall–Kier alpha value is -1.26. The number of nitrogens with one attached hydrogen (secondary N) is 2. The van der Waals surface area contributed by atoms with Gasteiger partial charge < -0.3 is 15.5 Å². The van der Waals surface area contributed by atoms with Crippen LogP contribution in [0, 0.1) is 5.92 Å². The minimum absolute atomic E-state index is 0.248. The van der Waals surface area contributed by atoms with Crippen LogP contribution >= 0.6 is 0 Å². The lowest BCUT2D eigenvalue weighted by atomic mass is 10.3. The average Bonchev–Trinajstić information content (AvgIpc) is 2.88. The number of hydrogen-bond acceptors (Lipinski definition) is 2. The van der Waals surface area contributed by atoms with Crippen LogP contribution < -0.4 is 10.6 Å². The maximum Gasteiger partial charge on any atom is 0.222 e. The van der Waals surface area contributed by atoms with Crippen molar-refractivity contribution in [2.75, 3.05) is 20.1 Å². The third-order valence-electron chi connectivity index (χ3n) is 3.84. The second-order valence-electron chi connectivity index (χ2n) is 5.36. The molecule has 18 heavy (non-hydrogen) atoms. The van der Waals surface area contributed by atoms with Crippen molar-refractivity contribution >= 4 is 11.9 Å². The number of aliphatic imine (C=N–C) groups is 1. The molecule has 0 aromatic rings. The lowest BCUT2D eigenvalue weighted by Crippen LogP contribution is -2.46. The summed E-state index contributed by atoms with van der Waals surface area (Å²) in [6.45, 7) is 5.81. The van der Waals surface area contributed by atoms with Crippen molar-refractivity contribution in [3.63, 3.8) is 0 Å². The van der Waals surface area contributed by atoms with E-state index in [1.165, 1.54) is 6.42 Å². The van der Waals surface area contributed by atoms with Crippen molar-refractivity contribution in [2.24, 2.45) is 10.9 Å². The minimum atomic E-state index is 0.248. The normalized spacial score (nSPS) is 31.4. The van der Waals surface area contributed by atoms with Gasteiger partial charge in [0.15, 0.2) is 5.96 Å². The zero-order chi connectivity index (χ0) is 13.1. The summed E-state index contributed by atoms with van der Waals surface area (Å²) in [7, 11) is 1.80. The Morgan fingerprint density at radius 2 is 2.17 bits per heavy atom. The van der Waals surface area contributed by atoms with Crippen LogP contribution in [0.1, 0.15) is 33.1 Å². The average molecular weight is 252 g/mol. The van der Waals surface area contributed by atoms with Gasteiger partial charge in [-0.25, -0.2) is 0 Å². The molecule has 1 aliphatic heterocycles. The molecule has 2 aliphatic rings. The summed E-state index contributed by atoms with van der Waals surface area (Å²) in [6.07, 6.45) is 2.83. The van der Waals surface area contributed by atoms with Crippen molar-refractivity contribution in [1.29, 1.82) is 0 Å². The first-order valence-corrected chi connectivity index (χ1v) is 6.91. The van der Waals surface area contributed by atoms with Crippen LogP contribution in [0.25, 0.3) is 0 Å². The Kier molecular flexibility index (Phi) is 4.09. The molecule has 0 bridgehead atoms. The summed E-state index contributed by atoms with van der Waals surface area (Å²) in [5.41, 5.74) is 0. The number of carbonyl (C=O) groups excluding carboxylic acids is 1. The fourth-order valence-corrected chi connectivity index (χ4v) is 2.39. The Labute approximate surface area is 109 Å². The van der Waals surface area contributed by atoms with Gasteiger partial charge in [0.1, 0.15) is 0 Å². The Morgan fingerprint density at radius 3 is 2.72 bits per heavy atom. The molecule has 2 rings (SSSR count). The highest BCUT2D eigenvalue weighted by Gasteiger charge is 2.34. The molecule has 2 N–H and O–H groups in total. The maximum absolute atomic E-state index is 11.6. The van der Waals surface area contributed by atoms with E-state index >= 15 is 0 Å². The van der Waals surface area contributed by atoms with Gasteiger partial charge in [-0.15, -0.1) is 0 Å². The molecule has 0 spiro atoms. The van der Waals surface area contributed by atoms with Gasteiger partial charge in [0.2, 0.25) is 5.91 Å². The molecular weight excluding hydrogens is 228 g/mol. The van der Waals surface area contributed by atoms with Gasteiger partial charge >= 0.3 is 0 Å². The second-order valence-corrected chi connectivity index (χ2v) is 5.36. The summed E-state index contributed by atoms with van der Waals surface area (Å²) in [5, 5.41) is 6.82.